The van der Waals surface area contributed by atoms with Crippen LogP contribution in [0.5, 0.6) is 0 Å². The summed E-state index contributed by atoms with van der Waals surface area (Å²) >= 11 is 9.57. The molecule has 0 amide bonds. The zero-order chi connectivity index (χ0) is 11.6. The van der Waals surface area contributed by atoms with Gasteiger partial charge in [-0.15, -0.1) is 19.2 Å². The van der Waals surface area contributed by atoms with Crippen LogP contribution >= 0.6 is 24.8 Å². The number of hydrogen-bond acceptors (Lipinski definition) is 2. The van der Waals surface area contributed by atoms with E-state index in [0.717, 1.165) is 25.8 Å². The van der Waals surface area contributed by atoms with E-state index in [9.17, 15) is 0 Å². The van der Waals surface area contributed by atoms with Crippen LogP contribution in [0.1, 0.15) is 38.5 Å². The van der Waals surface area contributed by atoms with Crippen LogP contribution in [-0.2, 0) is 4.74 Å². The molecule has 2 aliphatic rings. The van der Waals surface area contributed by atoms with Crippen LogP contribution < -0.4 is 0 Å². The van der Waals surface area contributed by atoms with Crippen LogP contribution in [0.15, 0.2) is 12.7 Å². The molecule has 0 bridgehead atoms. The summed E-state index contributed by atoms with van der Waals surface area (Å²) in [5.74, 6) is 0. The Labute approximate surface area is 108 Å². The lowest BCUT2D eigenvalue weighted by atomic mass is 9.91. The molecule has 1 aliphatic carbocycles. The molecule has 2 fully saturated rings. The largest absolute Gasteiger partial charge is 0.350 e. The average Bonchev–Trinajstić information content (AvgIpc) is 2.59. The second-order valence-electron chi connectivity index (χ2n) is 4.66. The Morgan fingerprint density at radius 1 is 1.50 bits per heavy atom. The molecule has 2 rings (SSSR count). The second-order valence-corrected chi connectivity index (χ2v) is 5.78. The Hall–Kier alpha value is -0.0600. The van der Waals surface area contributed by atoms with E-state index in [0.29, 0.717) is 4.32 Å². The zero-order valence-corrected chi connectivity index (χ0v) is 11.2. The van der Waals surface area contributed by atoms with Gasteiger partial charge in [0, 0.05) is 6.54 Å². The standard InChI is InChI=1S/C12H19NOS2/c1-2-6-10-9-13(11(15)16)12(14-10)7-4-3-5-8-12/h2,10H,1,3-9H2,(H,15,16). The molecule has 1 spiro atoms. The maximum atomic E-state index is 6.22. The second kappa shape index (κ2) is 5.07. The van der Waals surface area contributed by atoms with Gasteiger partial charge in [-0.25, -0.2) is 0 Å². The first kappa shape index (κ1) is 12.4. The van der Waals surface area contributed by atoms with Gasteiger partial charge >= 0.3 is 0 Å². The SMILES string of the molecule is C=CCC1CN(C(=S)S)C2(CCCCC2)O1. The first-order chi connectivity index (χ1) is 7.68. The van der Waals surface area contributed by atoms with Gasteiger partial charge in [0.2, 0.25) is 0 Å². The molecule has 0 aromatic heterocycles. The number of hydrogen-bond donors (Lipinski definition) is 1. The maximum Gasteiger partial charge on any atom is 0.142 e. The van der Waals surface area contributed by atoms with Crippen molar-refractivity contribution in [3.8, 4) is 0 Å². The van der Waals surface area contributed by atoms with Crippen molar-refractivity contribution < 1.29 is 4.74 Å². The van der Waals surface area contributed by atoms with Gasteiger partial charge in [0.25, 0.3) is 0 Å². The molecule has 1 saturated heterocycles. The van der Waals surface area contributed by atoms with Gasteiger partial charge in [-0.2, -0.15) is 0 Å². The molecule has 1 saturated carbocycles. The molecule has 2 nitrogen and oxygen atoms in total. The summed E-state index contributed by atoms with van der Waals surface area (Å²) in [7, 11) is 0. The minimum absolute atomic E-state index is 0.148. The summed E-state index contributed by atoms with van der Waals surface area (Å²) in [6.07, 6.45) is 9.00. The topological polar surface area (TPSA) is 12.5 Å². The number of thiol groups is 1. The fourth-order valence-electron chi connectivity index (χ4n) is 2.83. The van der Waals surface area contributed by atoms with Crippen molar-refractivity contribution >= 4 is 29.2 Å². The number of thiocarbonyl (C=S) groups is 1. The first-order valence-corrected chi connectivity index (χ1v) is 6.83. The summed E-state index contributed by atoms with van der Waals surface area (Å²) in [4.78, 5) is 2.18. The highest BCUT2D eigenvalue weighted by molar-refractivity contribution is 8.10. The van der Waals surface area contributed by atoms with E-state index in [2.05, 4.69) is 24.1 Å². The normalized spacial score (nSPS) is 28.3. The van der Waals surface area contributed by atoms with Gasteiger partial charge in [0.15, 0.2) is 0 Å². The van der Waals surface area contributed by atoms with E-state index in [1.807, 2.05) is 6.08 Å². The van der Waals surface area contributed by atoms with E-state index in [1.165, 1.54) is 19.3 Å². The van der Waals surface area contributed by atoms with Crippen LogP contribution in [0.4, 0.5) is 0 Å². The Bertz CT molecular complexity index is 287. The highest BCUT2D eigenvalue weighted by Gasteiger charge is 2.47. The van der Waals surface area contributed by atoms with E-state index in [1.54, 1.807) is 0 Å². The van der Waals surface area contributed by atoms with Gasteiger partial charge in [-0.3, -0.25) is 0 Å². The molecular weight excluding hydrogens is 238 g/mol. The summed E-state index contributed by atoms with van der Waals surface area (Å²) < 4.78 is 6.90. The third-order valence-electron chi connectivity index (χ3n) is 3.56. The zero-order valence-electron chi connectivity index (χ0n) is 9.52. The summed E-state index contributed by atoms with van der Waals surface area (Å²) in [6.45, 7) is 4.65. The molecule has 1 heterocycles. The maximum absolute atomic E-state index is 6.22. The summed E-state index contributed by atoms with van der Waals surface area (Å²) in [5.41, 5.74) is -0.148. The molecule has 90 valence electrons. The van der Waals surface area contributed by atoms with Crippen molar-refractivity contribution in [1.82, 2.24) is 4.90 Å². The molecule has 1 aliphatic heterocycles. The van der Waals surface area contributed by atoms with Crippen molar-refractivity contribution in [3.05, 3.63) is 12.7 Å². The number of ether oxygens (including phenoxy) is 1. The number of nitrogens with zero attached hydrogens (tertiary/aromatic N) is 1. The lowest BCUT2D eigenvalue weighted by Crippen LogP contribution is -2.47. The van der Waals surface area contributed by atoms with E-state index in [-0.39, 0.29) is 11.8 Å². The van der Waals surface area contributed by atoms with Gasteiger partial charge in [-0.1, -0.05) is 24.7 Å². The highest BCUT2D eigenvalue weighted by atomic mass is 32.1. The van der Waals surface area contributed by atoms with Crippen molar-refractivity contribution in [2.24, 2.45) is 0 Å². The van der Waals surface area contributed by atoms with Crippen molar-refractivity contribution in [3.63, 3.8) is 0 Å². The minimum atomic E-state index is -0.148. The van der Waals surface area contributed by atoms with Gasteiger partial charge in [0.05, 0.1) is 6.10 Å². The summed E-state index contributed by atoms with van der Waals surface area (Å²) in [5, 5.41) is 0. The van der Waals surface area contributed by atoms with E-state index < -0.39 is 0 Å². The molecular formula is C12H19NOS2. The molecule has 0 aromatic rings. The Balaban J connectivity index is 2.13. The molecule has 1 atom stereocenters. The van der Waals surface area contributed by atoms with Gasteiger partial charge < -0.3 is 9.64 Å². The van der Waals surface area contributed by atoms with Crippen LogP contribution in [0.25, 0.3) is 0 Å². The van der Waals surface area contributed by atoms with Crippen LogP contribution in [0, 0.1) is 0 Å². The van der Waals surface area contributed by atoms with Gasteiger partial charge in [-0.05, 0) is 32.1 Å². The monoisotopic (exact) mass is 257 g/mol. The Kier molecular flexibility index (Phi) is 3.93. The fraction of sp³-hybridized carbons (Fsp3) is 0.750. The third kappa shape index (κ3) is 2.29. The fourth-order valence-corrected chi connectivity index (χ4v) is 3.34. The van der Waals surface area contributed by atoms with Crippen molar-refractivity contribution in [1.29, 1.82) is 0 Å². The van der Waals surface area contributed by atoms with Crippen LogP contribution in [-0.4, -0.2) is 27.6 Å². The minimum Gasteiger partial charge on any atom is -0.350 e. The smallest absolute Gasteiger partial charge is 0.142 e. The molecule has 4 heteroatoms. The summed E-state index contributed by atoms with van der Waals surface area (Å²) in [6, 6.07) is 0. The van der Waals surface area contributed by atoms with Crippen LogP contribution in [0.2, 0.25) is 0 Å². The molecule has 0 N–H and O–H groups in total. The van der Waals surface area contributed by atoms with E-state index in [4.69, 9.17) is 17.0 Å². The quantitative estimate of drug-likeness (QED) is 0.464. The molecule has 16 heavy (non-hydrogen) atoms. The number of rotatable bonds is 2. The average molecular weight is 257 g/mol. The lowest BCUT2D eigenvalue weighted by Gasteiger charge is -2.40. The van der Waals surface area contributed by atoms with Gasteiger partial charge in [0.1, 0.15) is 10.0 Å². The molecule has 1 unspecified atom stereocenters. The Morgan fingerprint density at radius 3 is 2.75 bits per heavy atom. The third-order valence-corrected chi connectivity index (χ3v) is 4.02. The first-order valence-electron chi connectivity index (χ1n) is 5.97. The predicted molar refractivity (Wildman–Crippen MR) is 73.8 cm³/mol. The van der Waals surface area contributed by atoms with Crippen molar-refractivity contribution in [2.45, 2.75) is 50.4 Å². The molecule has 0 radical (unpaired) electrons. The predicted octanol–water partition coefficient (Wildman–Crippen LogP) is 3.14. The highest BCUT2D eigenvalue weighted by Crippen LogP contribution is 2.41. The Morgan fingerprint density at radius 2 is 2.19 bits per heavy atom. The molecule has 0 aromatic carbocycles. The van der Waals surface area contributed by atoms with Crippen LogP contribution in [0.3, 0.4) is 0 Å². The van der Waals surface area contributed by atoms with Crippen molar-refractivity contribution in [2.75, 3.05) is 6.54 Å². The van der Waals surface area contributed by atoms with E-state index >= 15 is 0 Å². The lowest BCUT2D eigenvalue weighted by molar-refractivity contribution is -0.104.